The number of rotatable bonds is 0. The van der Waals surface area contributed by atoms with Gasteiger partial charge in [0.05, 0.1) is 5.56 Å². The molecule has 0 aliphatic rings. The zero-order valence-corrected chi connectivity index (χ0v) is 8.40. The monoisotopic (exact) mass is 282 g/mol. The van der Waals surface area contributed by atoms with E-state index in [1.165, 1.54) is 0 Å². The molecule has 0 aliphatic heterocycles. The number of benzene rings is 1. The minimum absolute atomic E-state index is 0.338. The van der Waals surface area contributed by atoms with Crippen LogP contribution >= 0.6 is 0 Å². The van der Waals surface area contributed by atoms with Crippen molar-refractivity contribution in [2.24, 2.45) is 0 Å². The van der Waals surface area contributed by atoms with Crippen LogP contribution in [0.4, 0.5) is 39.5 Å². The van der Waals surface area contributed by atoms with Crippen LogP contribution in [0.5, 0.6) is 0 Å². The Hall–Kier alpha value is -1.41. The lowest BCUT2D eigenvalue weighted by atomic mass is 10.0. The van der Waals surface area contributed by atoms with E-state index in [9.17, 15) is 39.5 Å². The van der Waals surface area contributed by atoms with Gasteiger partial charge < -0.3 is 0 Å². The first-order chi connectivity index (χ1) is 7.89. The lowest BCUT2D eigenvalue weighted by Crippen LogP contribution is -2.21. The SMILES string of the molecule is Cc1c(F)c(F)c(C(F)(F)F)c(F)c1C(F)(F)F. The van der Waals surface area contributed by atoms with Crippen molar-refractivity contribution in [2.45, 2.75) is 19.3 Å². The van der Waals surface area contributed by atoms with Gasteiger partial charge in [0, 0.05) is 5.56 Å². The van der Waals surface area contributed by atoms with Gasteiger partial charge in [-0.1, -0.05) is 0 Å². The number of hydrogen-bond acceptors (Lipinski definition) is 0. The fourth-order valence-corrected chi connectivity index (χ4v) is 1.36. The smallest absolute Gasteiger partial charge is 0.206 e. The van der Waals surface area contributed by atoms with Gasteiger partial charge in [-0.15, -0.1) is 0 Å². The van der Waals surface area contributed by atoms with Crippen molar-refractivity contribution >= 4 is 0 Å². The maximum atomic E-state index is 13.1. The predicted molar refractivity (Wildman–Crippen MR) is 41.1 cm³/mol. The quantitative estimate of drug-likeness (QED) is 0.487. The van der Waals surface area contributed by atoms with E-state index in [0.29, 0.717) is 6.92 Å². The molecule has 9 heteroatoms. The van der Waals surface area contributed by atoms with E-state index in [2.05, 4.69) is 0 Å². The van der Waals surface area contributed by atoms with E-state index in [1.54, 1.807) is 0 Å². The number of halogens is 9. The molecule has 0 heterocycles. The van der Waals surface area contributed by atoms with Crippen LogP contribution in [0, 0.1) is 24.4 Å². The molecule has 0 saturated heterocycles. The molecule has 102 valence electrons. The minimum Gasteiger partial charge on any atom is -0.206 e. The van der Waals surface area contributed by atoms with Gasteiger partial charge in [0.25, 0.3) is 0 Å². The van der Waals surface area contributed by atoms with Crippen LogP contribution in [-0.4, -0.2) is 0 Å². The molecule has 0 aliphatic carbocycles. The predicted octanol–water partition coefficient (Wildman–Crippen LogP) is 4.45. The van der Waals surface area contributed by atoms with Crippen LogP contribution in [0.3, 0.4) is 0 Å². The molecule has 1 aromatic rings. The molecule has 0 fully saturated rings. The van der Waals surface area contributed by atoms with Gasteiger partial charge in [-0.3, -0.25) is 0 Å². The Kier molecular flexibility index (Phi) is 3.30. The minimum atomic E-state index is -5.78. The molecule has 0 bridgehead atoms. The van der Waals surface area contributed by atoms with Gasteiger partial charge in [0.2, 0.25) is 0 Å². The van der Waals surface area contributed by atoms with Gasteiger partial charge in [-0.05, 0) is 6.92 Å². The second kappa shape index (κ2) is 4.06. The zero-order valence-electron chi connectivity index (χ0n) is 8.40. The van der Waals surface area contributed by atoms with Crippen LogP contribution in [0.1, 0.15) is 16.7 Å². The molecule has 0 atom stereocenters. The van der Waals surface area contributed by atoms with Crippen molar-refractivity contribution in [3.63, 3.8) is 0 Å². The lowest BCUT2D eigenvalue weighted by Gasteiger charge is -2.17. The average Bonchev–Trinajstić information content (AvgIpc) is 2.09. The van der Waals surface area contributed by atoms with Gasteiger partial charge in [-0.2, -0.15) is 26.3 Å². The maximum absolute atomic E-state index is 13.1. The molecule has 0 N–H and O–H groups in total. The summed E-state index contributed by atoms with van der Waals surface area (Å²) < 4.78 is 112. The highest BCUT2D eigenvalue weighted by atomic mass is 19.4. The summed E-state index contributed by atoms with van der Waals surface area (Å²) in [6.07, 6.45) is -11.3. The fraction of sp³-hybridized carbons (Fsp3) is 0.333. The molecular weight excluding hydrogens is 279 g/mol. The Morgan fingerprint density at radius 3 is 1.33 bits per heavy atom. The van der Waals surface area contributed by atoms with Crippen molar-refractivity contribution in [3.8, 4) is 0 Å². The summed E-state index contributed by atoms with van der Waals surface area (Å²) in [7, 11) is 0. The Morgan fingerprint density at radius 2 is 1.00 bits per heavy atom. The summed E-state index contributed by atoms with van der Waals surface area (Å²) in [4.78, 5) is 0. The van der Waals surface area contributed by atoms with Crippen molar-refractivity contribution < 1.29 is 39.5 Å². The van der Waals surface area contributed by atoms with Gasteiger partial charge in [-0.25, -0.2) is 13.2 Å². The summed E-state index contributed by atoms with van der Waals surface area (Å²) in [6.45, 7) is 0.338. The van der Waals surface area contributed by atoms with Crippen molar-refractivity contribution in [1.82, 2.24) is 0 Å². The van der Waals surface area contributed by atoms with Crippen LogP contribution in [-0.2, 0) is 12.4 Å². The van der Waals surface area contributed by atoms with Crippen LogP contribution in [0.2, 0.25) is 0 Å². The normalized spacial score (nSPS) is 13.0. The van der Waals surface area contributed by atoms with Crippen LogP contribution < -0.4 is 0 Å². The van der Waals surface area contributed by atoms with E-state index in [0.717, 1.165) is 0 Å². The first kappa shape index (κ1) is 14.7. The third-order valence-corrected chi connectivity index (χ3v) is 2.12. The molecule has 0 radical (unpaired) electrons. The van der Waals surface area contributed by atoms with E-state index in [1.807, 2.05) is 0 Å². The Labute approximate surface area is 94.0 Å². The largest absolute Gasteiger partial charge is 0.422 e. The van der Waals surface area contributed by atoms with E-state index in [-0.39, 0.29) is 0 Å². The van der Waals surface area contributed by atoms with E-state index < -0.39 is 46.5 Å². The van der Waals surface area contributed by atoms with Crippen molar-refractivity contribution in [3.05, 3.63) is 34.1 Å². The molecule has 0 spiro atoms. The fourth-order valence-electron chi connectivity index (χ4n) is 1.36. The van der Waals surface area contributed by atoms with E-state index in [4.69, 9.17) is 0 Å². The van der Waals surface area contributed by atoms with E-state index >= 15 is 0 Å². The molecule has 0 aromatic heterocycles. The molecule has 1 aromatic carbocycles. The average molecular weight is 282 g/mol. The molecule has 18 heavy (non-hydrogen) atoms. The summed E-state index contributed by atoms with van der Waals surface area (Å²) in [5, 5.41) is 0. The van der Waals surface area contributed by atoms with Crippen molar-refractivity contribution in [2.75, 3.05) is 0 Å². The highest BCUT2D eigenvalue weighted by Crippen LogP contribution is 2.42. The summed E-state index contributed by atoms with van der Waals surface area (Å²) in [6, 6.07) is 0. The first-order valence-electron chi connectivity index (χ1n) is 4.20. The molecule has 0 amide bonds. The standard InChI is InChI=1S/C9H3F9/c1-2-3(8(13,14)15)6(11)4(9(16,17)18)7(12)5(2)10/h1H3. The van der Waals surface area contributed by atoms with Crippen LogP contribution in [0.25, 0.3) is 0 Å². The number of alkyl halides is 6. The lowest BCUT2D eigenvalue weighted by molar-refractivity contribution is -0.150. The maximum Gasteiger partial charge on any atom is 0.422 e. The second-order valence-corrected chi connectivity index (χ2v) is 3.31. The Bertz CT molecular complexity index is 439. The summed E-state index contributed by atoms with van der Waals surface area (Å²) in [5.74, 6) is -7.94. The second-order valence-electron chi connectivity index (χ2n) is 3.31. The highest BCUT2D eigenvalue weighted by molar-refractivity contribution is 5.39. The van der Waals surface area contributed by atoms with Gasteiger partial charge in [0.15, 0.2) is 17.5 Å². The number of hydrogen-bond donors (Lipinski definition) is 0. The first-order valence-corrected chi connectivity index (χ1v) is 4.20. The van der Waals surface area contributed by atoms with Crippen LogP contribution in [0.15, 0.2) is 0 Å². The Morgan fingerprint density at radius 1 is 0.611 bits per heavy atom. The molecule has 0 nitrogen and oxygen atoms in total. The molecule has 0 unspecified atom stereocenters. The summed E-state index contributed by atoms with van der Waals surface area (Å²) >= 11 is 0. The summed E-state index contributed by atoms with van der Waals surface area (Å²) in [5.41, 5.74) is -6.92. The molecule has 1 rings (SSSR count). The van der Waals surface area contributed by atoms with Crippen molar-refractivity contribution in [1.29, 1.82) is 0 Å². The van der Waals surface area contributed by atoms with Gasteiger partial charge >= 0.3 is 12.4 Å². The third kappa shape index (κ3) is 2.25. The zero-order chi connectivity index (χ0) is 14.5. The molecular formula is C9H3F9. The van der Waals surface area contributed by atoms with Gasteiger partial charge in [0.1, 0.15) is 5.56 Å². The molecule has 0 saturated carbocycles. The Balaban J connectivity index is 3.83. The highest BCUT2D eigenvalue weighted by Gasteiger charge is 2.47. The topological polar surface area (TPSA) is 0 Å². The third-order valence-electron chi connectivity index (χ3n) is 2.12.